The summed E-state index contributed by atoms with van der Waals surface area (Å²) in [5.74, 6) is 0. The van der Waals surface area contributed by atoms with Crippen LogP contribution < -0.4 is 5.32 Å². The first-order valence-corrected chi connectivity index (χ1v) is 9.14. The quantitative estimate of drug-likeness (QED) is 0.869. The summed E-state index contributed by atoms with van der Waals surface area (Å²) in [6.07, 6.45) is 5.47. The maximum atomic E-state index is 12.8. The van der Waals surface area contributed by atoms with Crippen LogP contribution in [0.1, 0.15) is 42.9 Å². The van der Waals surface area contributed by atoms with Gasteiger partial charge in [0.05, 0.1) is 12.6 Å². The Balaban J connectivity index is 1.69. The lowest BCUT2D eigenvalue weighted by atomic mass is 9.87. The molecule has 5 nitrogen and oxygen atoms in total. The SMILES string of the molecule is CN1CCCC1CNC(=O)N(CCO)C1CCCc2ccccc21. The number of hydrogen-bond acceptors (Lipinski definition) is 3. The second kappa shape index (κ2) is 7.99. The van der Waals surface area contributed by atoms with Crippen LogP contribution in [0.25, 0.3) is 0 Å². The molecule has 0 radical (unpaired) electrons. The normalized spacial score (nSPS) is 23.8. The van der Waals surface area contributed by atoms with Gasteiger partial charge >= 0.3 is 6.03 Å². The molecule has 1 aromatic carbocycles. The molecule has 1 heterocycles. The van der Waals surface area contributed by atoms with Crippen molar-refractivity contribution in [2.24, 2.45) is 0 Å². The van der Waals surface area contributed by atoms with Crippen molar-refractivity contribution in [1.82, 2.24) is 15.1 Å². The van der Waals surface area contributed by atoms with Gasteiger partial charge in [0.15, 0.2) is 0 Å². The number of amides is 2. The second-order valence-electron chi connectivity index (χ2n) is 6.99. The standard InChI is InChI=1S/C19H29N3O2/c1-21-11-5-8-16(21)14-20-19(24)22(12-13-23)18-10-4-7-15-6-2-3-9-17(15)18/h2-3,6,9,16,18,23H,4-5,7-8,10-14H2,1H3,(H,20,24). The van der Waals surface area contributed by atoms with Crippen molar-refractivity contribution >= 4 is 6.03 Å². The Hall–Kier alpha value is -1.59. The average Bonchev–Trinajstić information content (AvgIpc) is 3.02. The fourth-order valence-corrected chi connectivity index (χ4v) is 4.10. The van der Waals surface area contributed by atoms with E-state index in [2.05, 4.69) is 35.5 Å². The molecule has 3 rings (SSSR count). The van der Waals surface area contributed by atoms with E-state index in [1.807, 2.05) is 11.0 Å². The Labute approximate surface area is 144 Å². The van der Waals surface area contributed by atoms with Gasteiger partial charge in [-0.25, -0.2) is 4.79 Å². The van der Waals surface area contributed by atoms with Gasteiger partial charge in [-0.3, -0.25) is 0 Å². The number of aryl methyl sites for hydroxylation is 1. The van der Waals surface area contributed by atoms with E-state index in [9.17, 15) is 9.90 Å². The number of hydrogen-bond donors (Lipinski definition) is 2. The smallest absolute Gasteiger partial charge is 0.318 e. The third-order valence-corrected chi connectivity index (χ3v) is 5.48. The number of fused-ring (bicyclic) bond motifs is 1. The van der Waals surface area contributed by atoms with Gasteiger partial charge in [-0.2, -0.15) is 0 Å². The molecule has 0 saturated carbocycles. The van der Waals surface area contributed by atoms with Crippen LogP contribution in [-0.2, 0) is 6.42 Å². The predicted molar refractivity (Wildman–Crippen MR) is 95.0 cm³/mol. The number of benzene rings is 1. The van der Waals surface area contributed by atoms with Crippen molar-refractivity contribution < 1.29 is 9.90 Å². The molecule has 1 saturated heterocycles. The summed E-state index contributed by atoms with van der Waals surface area (Å²) in [5.41, 5.74) is 2.57. The van der Waals surface area contributed by atoms with E-state index in [-0.39, 0.29) is 18.7 Å². The first kappa shape index (κ1) is 17.2. The number of aliphatic hydroxyl groups is 1. The summed E-state index contributed by atoms with van der Waals surface area (Å²) in [6.45, 7) is 2.17. The fraction of sp³-hybridized carbons (Fsp3) is 0.632. The summed E-state index contributed by atoms with van der Waals surface area (Å²) < 4.78 is 0. The van der Waals surface area contributed by atoms with Gasteiger partial charge in [-0.1, -0.05) is 24.3 Å². The van der Waals surface area contributed by atoms with Crippen molar-refractivity contribution in [1.29, 1.82) is 0 Å². The number of likely N-dealkylation sites (N-methyl/N-ethyl adjacent to an activating group) is 1. The van der Waals surface area contributed by atoms with Crippen LogP contribution in [0.15, 0.2) is 24.3 Å². The molecule has 2 atom stereocenters. The summed E-state index contributed by atoms with van der Waals surface area (Å²) >= 11 is 0. The van der Waals surface area contributed by atoms with Crippen LogP contribution in [0, 0.1) is 0 Å². The van der Waals surface area contributed by atoms with Crippen molar-refractivity contribution in [3.05, 3.63) is 35.4 Å². The van der Waals surface area contributed by atoms with Crippen molar-refractivity contribution in [2.75, 3.05) is 33.3 Å². The highest BCUT2D eigenvalue weighted by atomic mass is 16.3. The number of nitrogens with zero attached hydrogens (tertiary/aromatic N) is 2. The lowest BCUT2D eigenvalue weighted by molar-refractivity contribution is 0.142. The molecule has 2 amide bonds. The van der Waals surface area contributed by atoms with Crippen LogP contribution >= 0.6 is 0 Å². The molecule has 24 heavy (non-hydrogen) atoms. The molecule has 1 aliphatic heterocycles. The van der Waals surface area contributed by atoms with E-state index in [4.69, 9.17) is 0 Å². The van der Waals surface area contributed by atoms with Gasteiger partial charge in [0.25, 0.3) is 0 Å². The zero-order valence-electron chi connectivity index (χ0n) is 14.6. The van der Waals surface area contributed by atoms with E-state index in [0.717, 1.165) is 32.2 Å². The van der Waals surface area contributed by atoms with E-state index >= 15 is 0 Å². The molecule has 132 valence electrons. The monoisotopic (exact) mass is 331 g/mol. The molecule has 0 spiro atoms. The van der Waals surface area contributed by atoms with Gasteiger partial charge in [0.1, 0.15) is 0 Å². The number of carbonyl (C=O) groups excluding carboxylic acids is 1. The minimum absolute atomic E-state index is 0.00455. The minimum Gasteiger partial charge on any atom is -0.395 e. The Kier molecular flexibility index (Phi) is 5.74. The number of nitrogens with one attached hydrogen (secondary N) is 1. The molecule has 1 aromatic rings. The zero-order valence-corrected chi connectivity index (χ0v) is 14.6. The van der Waals surface area contributed by atoms with Gasteiger partial charge < -0.3 is 20.2 Å². The van der Waals surface area contributed by atoms with E-state index in [1.165, 1.54) is 17.5 Å². The number of aliphatic hydroxyl groups excluding tert-OH is 1. The molecule has 0 bridgehead atoms. The first-order valence-electron chi connectivity index (χ1n) is 9.14. The van der Waals surface area contributed by atoms with Crippen molar-refractivity contribution in [3.8, 4) is 0 Å². The number of rotatable bonds is 5. The van der Waals surface area contributed by atoms with Gasteiger partial charge in [-0.15, -0.1) is 0 Å². The zero-order chi connectivity index (χ0) is 16.9. The molecule has 1 fully saturated rings. The topological polar surface area (TPSA) is 55.8 Å². The maximum absolute atomic E-state index is 12.8. The average molecular weight is 331 g/mol. The predicted octanol–water partition coefficient (Wildman–Crippen LogP) is 2.16. The number of likely N-dealkylation sites (tertiary alicyclic amines) is 1. The molecule has 2 unspecified atom stereocenters. The van der Waals surface area contributed by atoms with Crippen molar-refractivity contribution in [3.63, 3.8) is 0 Å². The van der Waals surface area contributed by atoms with E-state index < -0.39 is 0 Å². The van der Waals surface area contributed by atoms with Gasteiger partial charge in [-0.05, 0) is 56.8 Å². The molecule has 1 aliphatic carbocycles. The lowest BCUT2D eigenvalue weighted by Crippen LogP contribution is -2.47. The third-order valence-electron chi connectivity index (χ3n) is 5.48. The Morgan fingerprint density at radius 2 is 2.17 bits per heavy atom. The van der Waals surface area contributed by atoms with Crippen LogP contribution in [0.4, 0.5) is 4.79 Å². The Morgan fingerprint density at radius 1 is 1.33 bits per heavy atom. The highest BCUT2D eigenvalue weighted by molar-refractivity contribution is 5.75. The van der Waals surface area contributed by atoms with Crippen molar-refractivity contribution in [2.45, 2.75) is 44.2 Å². The summed E-state index contributed by atoms with van der Waals surface area (Å²) in [7, 11) is 2.12. The highest BCUT2D eigenvalue weighted by Crippen LogP contribution is 2.34. The molecular formula is C19H29N3O2. The van der Waals surface area contributed by atoms with Crippen LogP contribution in [-0.4, -0.2) is 60.3 Å². The second-order valence-corrected chi connectivity index (χ2v) is 6.99. The highest BCUT2D eigenvalue weighted by Gasteiger charge is 2.29. The van der Waals surface area contributed by atoms with Gasteiger partial charge in [0.2, 0.25) is 0 Å². The Morgan fingerprint density at radius 3 is 2.92 bits per heavy atom. The van der Waals surface area contributed by atoms with Gasteiger partial charge in [0, 0.05) is 19.1 Å². The molecule has 2 N–H and O–H groups in total. The molecule has 5 heteroatoms. The lowest BCUT2D eigenvalue weighted by Gasteiger charge is -2.36. The third kappa shape index (κ3) is 3.73. The van der Waals surface area contributed by atoms with Crippen LogP contribution in [0.5, 0.6) is 0 Å². The molecule has 2 aliphatic rings. The number of carbonyl (C=O) groups is 1. The first-order chi connectivity index (χ1) is 11.7. The summed E-state index contributed by atoms with van der Waals surface area (Å²) in [6, 6.07) is 8.84. The van der Waals surface area contributed by atoms with Crippen LogP contribution in [0.2, 0.25) is 0 Å². The molecule has 0 aromatic heterocycles. The largest absolute Gasteiger partial charge is 0.395 e. The number of urea groups is 1. The fourth-order valence-electron chi connectivity index (χ4n) is 4.10. The Bertz CT molecular complexity index is 563. The summed E-state index contributed by atoms with van der Waals surface area (Å²) in [5, 5.41) is 12.6. The maximum Gasteiger partial charge on any atom is 0.318 e. The summed E-state index contributed by atoms with van der Waals surface area (Å²) in [4.78, 5) is 16.9. The van der Waals surface area contributed by atoms with E-state index in [0.29, 0.717) is 19.1 Å². The minimum atomic E-state index is -0.0500. The molecular weight excluding hydrogens is 302 g/mol. The van der Waals surface area contributed by atoms with E-state index in [1.54, 1.807) is 0 Å². The van der Waals surface area contributed by atoms with Crippen LogP contribution in [0.3, 0.4) is 0 Å².